The van der Waals surface area contributed by atoms with Crippen LogP contribution in [0.2, 0.25) is 0 Å². The summed E-state index contributed by atoms with van der Waals surface area (Å²) in [6.07, 6.45) is 5.36. The molecule has 4 unspecified atom stereocenters. The molecule has 9 nitrogen and oxygen atoms in total. The predicted octanol–water partition coefficient (Wildman–Crippen LogP) is -3.36. The molecule has 0 bridgehead atoms. The second-order valence-electron chi connectivity index (χ2n) is 7.18. The van der Waals surface area contributed by atoms with Crippen molar-refractivity contribution in [2.45, 2.75) is 57.0 Å². The third-order valence-corrected chi connectivity index (χ3v) is 5.34. The third-order valence-electron chi connectivity index (χ3n) is 5.34. The van der Waals surface area contributed by atoms with E-state index in [0.29, 0.717) is 6.54 Å². The number of carbonyl (C=O) groups is 1. The van der Waals surface area contributed by atoms with Crippen molar-refractivity contribution in [2.24, 2.45) is 5.92 Å². The van der Waals surface area contributed by atoms with E-state index in [2.05, 4.69) is 5.32 Å². The van der Waals surface area contributed by atoms with Gasteiger partial charge in [0.25, 0.3) is 0 Å². The lowest BCUT2D eigenvalue weighted by Crippen LogP contribution is -3.14. The van der Waals surface area contributed by atoms with Gasteiger partial charge in [-0.1, -0.05) is 0 Å². The maximum atomic E-state index is 12.3. The Kier molecular flexibility index (Phi) is 7.82. The molecule has 2 aliphatic rings. The molecule has 2 fully saturated rings. The Balaban J connectivity index is 1.73. The van der Waals surface area contributed by atoms with Gasteiger partial charge in [-0.25, -0.2) is 20.9 Å². The lowest BCUT2D eigenvalue weighted by molar-refractivity contribution is -1.09. The van der Waals surface area contributed by atoms with Gasteiger partial charge in [0.2, 0.25) is 5.91 Å². The molecule has 0 aromatic rings. The average Bonchev–Trinajstić information content (AvgIpc) is 2.59. The summed E-state index contributed by atoms with van der Waals surface area (Å²) in [6, 6.07) is -1.48. The Labute approximate surface area is 142 Å². The van der Waals surface area contributed by atoms with E-state index in [-0.39, 0.29) is 25.2 Å². The molecule has 0 aromatic heterocycles. The van der Waals surface area contributed by atoms with E-state index in [1.54, 1.807) is 4.90 Å². The zero-order valence-corrected chi connectivity index (χ0v) is 14.1. The zero-order valence-electron chi connectivity index (χ0n) is 14.1. The molecule has 1 saturated heterocycles. The van der Waals surface area contributed by atoms with Crippen LogP contribution in [0.15, 0.2) is 0 Å². The van der Waals surface area contributed by atoms with Crippen molar-refractivity contribution in [3.8, 4) is 0 Å². The fraction of sp³-hybridized carbons (Fsp3) is 0.933. The second-order valence-corrected chi connectivity index (χ2v) is 7.18. The van der Waals surface area contributed by atoms with Crippen molar-refractivity contribution in [1.82, 2.24) is 5.32 Å². The second kappa shape index (κ2) is 9.62. The van der Waals surface area contributed by atoms with Gasteiger partial charge in [0.1, 0.15) is 12.1 Å². The first-order valence-electron chi connectivity index (χ1n) is 9.04. The van der Waals surface area contributed by atoms with Crippen molar-refractivity contribution in [2.75, 3.05) is 26.2 Å². The Hall–Kier alpha value is -0.810. The third kappa shape index (κ3) is 5.92. The van der Waals surface area contributed by atoms with Crippen LogP contribution in [0.3, 0.4) is 0 Å². The van der Waals surface area contributed by atoms with Crippen LogP contribution in [0.4, 0.5) is 0 Å². The van der Waals surface area contributed by atoms with E-state index in [1.807, 2.05) is 0 Å². The molecule has 1 aliphatic carbocycles. The zero-order chi connectivity index (χ0) is 17.5. The van der Waals surface area contributed by atoms with E-state index in [9.17, 15) is 15.2 Å². The number of rotatable bonds is 7. The Bertz CT molecular complexity index is 374. The summed E-state index contributed by atoms with van der Waals surface area (Å²) in [6.45, 7) is 4.03. The highest BCUT2D eigenvalue weighted by Crippen LogP contribution is 2.22. The van der Waals surface area contributed by atoms with Crippen molar-refractivity contribution < 1.29 is 30.6 Å². The first-order valence-corrected chi connectivity index (χ1v) is 9.04. The van der Waals surface area contributed by atoms with Crippen LogP contribution in [0.1, 0.15) is 44.9 Å². The summed E-state index contributed by atoms with van der Waals surface area (Å²) in [4.78, 5) is 13.9. The highest BCUT2D eigenvalue weighted by Gasteiger charge is 2.39. The molecule has 6 N–H and O–H groups in total. The minimum atomic E-state index is -1.01. The van der Waals surface area contributed by atoms with Crippen molar-refractivity contribution in [3.63, 3.8) is 0 Å². The first kappa shape index (κ1) is 19.5. The van der Waals surface area contributed by atoms with E-state index >= 15 is 0 Å². The van der Waals surface area contributed by atoms with Crippen LogP contribution in [-0.4, -0.2) is 54.6 Å². The van der Waals surface area contributed by atoms with Crippen LogP contribution in [0, 0.1) is 16.3 Å². The van der Waals surface area contributed by atoms with E-state index in [1.165, 1.54) is 32.4 Å². The van der Waals surface area contributed by atoms with Gasteiger partial charge >= 0.3 is 0 Å². The Morgan fingerprint density at radius 1 is 1.04 bits per heavy atom. The topological polar surface area (TPSA) is 129 Å². The molecule has 2 rings (SSSR count). The van der Waals surface area contributed by atoms with Crippen LogP contribution in [-0.2, 0) is 4.79 Å². The van der Waals surface area contributed by atoms with E-state index in [4.69, 9.17) is 10.4 Å². The smallest absolute Gasteiger partial charge is 0.223 e. The van der Waals surface area contributed by atoms with Gasteiger partial charge in [0.05, 0.1) is 26.1 Å². The average molecular weight is 347 g/mol. The van der Waals surface area contributed by atoms with Gasteiger partial charge in [0, 0.05) is 31.7 Å². The van der Waals surface area contributed by atoms with E-state index < -0.39 is 28.5 Å². The highest BCUT2D eigenvalue weighted by atomic mass is 16.8. The summed E-state index contributed by atoms with van der Waals surface area (Å²) in [5.74, 6) is -0.705. The number of nitrogens with one attached hydrogen (secondary N) is 4. The molecular weight excluding hydrogens is 316 g/mol. The lowest BCUT2D eigenvalue weighted by atomic mass is 9.82. The molecule has 0 radical (unpaired) electrons. The van der Waals surface area contributed by atoms with Gasteiger partial charge in [-0.15, -0.1) is 0 Å². The van der Waals surface area contributed by atoms with E-state index in [0.717, 1.165) is 13.0 Å². The molecule has 1 heterocycles. The summed E-state index contributed by atoms with van der Waals surface area (Å²) >= 11 is 0. The Morgan fingerprint density at radius 3 is 2.17 bits per heavy atom. The fourth-order valence-corrected chi connectivity index (χ4v) is 3.93. The van der Waals surface area contributed by atoms with Crippen molar-refractivity contribution in [1.29, 1.82) is 0 Å². The number of piperidine rings is 1. The van der Waals surface area contributed by atoms with Crippen LogP contribution < -0.4 is 20.7 Å². The van der Waals surface area contributed by atoms with Crippen molar-refractivity contribution in [3.05, 3.63) is 10.4 Å². The van der Waals surface area contributed by atoms with Crippen LogP contribution >= 0.6 is 0 Å². The predicted molar refractivity (Wildman–Crippen MR) is 84.2 cm³/mol. The van der Waals surface area contributed by atoms with Crippen LogP contribution in [0.25, 0.3) is 0 Å². The summed E-state index contributed by atoms with van der Waals surface area (Å²) in [7, 11) is 0. The SMILES string of the molecule is O=C(NCCC[NH+]1CCCCC1)C1CC([NH+]([O-])O)CC([NH+]([O-])O)C1. The molecule has 0 aromatic carbocycles. The molecule has 0 spiro atoms. The number of likely N-dealkylation sites (tertiary alicyclic amines) is 1. The number of hydroxylamine groups is 4. The molecule has 9 heteroatoms. The fourth-order valence-electron chi connectivity index (χ4n) is 3.93. The lowest BCUT2D eigenvalue weighted by Gasteiger charge is -2.37. The number of amides is 1. The molecular formula is C15H31N4O5+. The maximum Gasteiger partial charge on any atom is 0.223 e. The largest absolute Gasteiger partial charge is 0.600 e. The minimum Gasteiger partial charge on any atom is -0.600 e. The normalized spacial score (nSPS) is 31.4. The summed E-state index contributed by atoms with van der Waals surface area (Å²) < 4.78 is 0. The van der Waals surface area contributed by atoms with Gasteiger partial charge in [-0.2, -0.15) is 0 Å². The summed E-state index contributed by atoms with van der Waals surface area (Å²) in [5, 5.41) is 41.6. The molecule has 1 aliphatic heterocycles. The number of quaternary nitrogens is 3. The van der Waals surface area contributed by atoms with Crippen molar-refractivity contribution >= 4 is 5.91 Å². The number of carbonyl (C=O) groups excluding carboxylic acids is 1. The standard InChI is InChI=1S/C15H30N4O5/c20-15(16-5-4-8-17-6-2-1-3-7-17)12-9-13(18(21)22)11-14(10-12)19(23)24/h12-14,18-19,21,23H,1-11H2,(H,16,20)/p+1. The number of hydrogen-bond acceptors (Lipinski definition) is 5. The Morgan fingerprint density at radius 2 is 1.62 bits per heavy atom. The monoisotopic (exact) mass is 347 g/mol. The summed E-state index contributed by atoms with van der Waals surface area (Å²) in [5.41, 5.74) is 0. The quantitative estimate of drug-likeness (QED) is 0.212. The maximum absolute atomic E-state index is 12.3. The van der Waals surface area contributed by atoms with Gasteiger partial charge < -0.3 is 20.6 Å². The molecule has 1 amide bonds. The van der Waals surface area contributed by atoms with Gasteiger partial charge in [-0.3, -0.25) is 4.79 Å². The minimum absolute atomic E-state index is 0.118. The highest BCUT2D eigenvalue weighted by molar-refractivity contribution is 5.78. The van der Waals surface area contributed by atoms with Gasteiger partial charge in [0.15, 0.2) is 0 Å². The van der Waals surface area contributed by atoms with Gasteiger partial charge in [-0.05, 0) is 19.3 Å². The molecule has 140 valence electrons. The first-order chi connectivity index (χ1) is 11.5. The molecule has 24 heavy (non-hydrogen) atoms. The molecule has 1 saturated carbocycles. The number of hydrogen-bond donors (Lipinski definition) is 6. The van der Waals surface area contributed by atoms with Crippen LogP contribution in [0.5, 0.6) is 0 Å². The molecule has 4 atom stereocenters.